The molecular weight excluding hydrogens is 318 g/mol. The number of aliphatic hydroxyl groups is 3. The fraction of sp³-hybridized carbons (Fsp3) is 0.500. The second kappa shape index (κ2) is 10.4. The van der Waals surface area contributed by atoms with Gasteiger partial charge in [0.15, 0.2) is 0 Å². The van der Waals surface area contributed by atoms with Gasteiger partial charge in [-0.2, -0.15) is 0 Å². The molecule has 0 aromatic carbocycles. The first-order chi connectivity index (χ1) is 11.4. The van der Waals surface area contributed by atoms with Gasteiger partial charge in [0.25, 0.3) is 0 Å². The molecule has 1 aromatic rings. The number of anilines is 2. The van der Waals surface area contributed by atoms with Crippen LogP contribution in [0.25, 0.3) is 0 Å². The monoisotopic (exact) mass is 341 g/mol. The van der Waals surface area contributed by atoms with Crippen molar-refractivity contribution in [1.29, 1.82) is 0 Å². The predicted octanol–water partition coefficient (Wildman–Crippen LogP) is -0.694. The van der Waals surface area contributed by atoms with E-state index in [-0.39, 0.29) is 19.1 Å². The van der Waals surface area contributed by atoms with E-state index in [2.05, 4.69) is 26.3 Å². The summed E-state index contributed by atoms with van der Waals surface area (Å²) in [6.45, 7) is 1.54. The summed E-state index contributed by atoms with van der Waals surface area (Å²) in [7, 11) is 0. The Morgan fingerprint density at radius 3 is 2.08 bits per heavy atom. The first-order valence-corrected chi connectivity index (χ1v) is 7.39. The van der Waals surface area contributed by atoms with E-state index < -0.39 is 24.8 Å². The zero-order chi connectivity index (χ0) is 17.9. The predicted molar refractivity (Wildman–Crippen MR) is 87.6 cm³/mol. The summed E-state index contributed by atoms with van der Waals surface area (Å²) in [5.41, 5.74) is 0.713. The molecule has 0 saturated carbocycles. The quantitative estimate of drug-likeness (QED) is 0.332. The van der Waals surface area contributed by atoms with E-state index in [1.807, 2.05) is 0 Å². The largest absolute Gasteiger partial charge is 0.396 e. The zero-order valence-corrected chi connectivity index (χ0v) is 13.3. The normalized spacial score (nSPS) is 12.8. The molecule has 1 aromatic heterocycles. The Labute approximate surface area is 139 Å². The van der Waals surface area contributed by atoms with Gasteiger partial charge in [-0.1, -0.05) is 6.92 Å². The van der Waals surface area contributed by atoms with Gasteiger partial charge in [-0.15, -0.1) is 0 Å². The Morgan fingerprint density at radius 2 is 1.58 bits per heavy atom. The van der Waals surface area contributed by atoms with E-state index in [9.17, 15) is 9.59 Å². The van der Waals surface area contributed by atoms with Gasteiger partial charge in [-0.3, -0.25) is 4.98 Å². The van der Waals surface area contributed by atoms with Crippen molar-refractivity contribution in [2.75, 3.05) is 36.9 Å². The van der Waals surface area contributed by atoms with Crippen LogP contribution in [0.4, 0.5) is 21.0 Å². The van der Waals surface area contributed by atoms with Crippen LogP contribution in [0, 0.1) is 5.92 Å². The second-order valence-electron chi connectivity index (χ2n) is 5.26. The van der Waals surface area contributed by atoms with E-state index >= 15 is 0 Å². The minimum absolute atomic E-state index is 0.0265. The number of nitrogens with one attached hydrogen (secondary N) is 4. The average molecular weight is 341 g/mol. The molecule has 0 aliphatic rings. The fourth-order valence-electron chi connectivity index (χ4n) is 1.53. The Balaban J connectivity index is 2.48. The third-order valence-corrected chi connectivity index (χ3v) is 2.89. The van der Waals surface area contributed by atoms with Gasteiger partial charge in [0.1, 0.15) is 0 Å². The van der Waals surface area contributed by atoms with Crippen LogP contribution in [0.2, 0.25) is 0 Å². The maximum absolute atomic E-state index is 11.7. The lowest BCUT2D eigenvalue weighted by Crippen LogP contribution is -2.36. The lowest BCUT2D eigenvalue weighted by Gasteiger charge is -2.12. The number of carbonyl (C=O) groups is 2. The first kappa shape index (κ1) is 19.6. The number of nitrogens with zero attached hydrogens (tertiary/aromatic N) is 1. The summed E-state index contributed by atoms with van der Waals surface area (Å²) >= 11 is 0. The Morgan fingerprint density at radius 1 is 1.04 bits per heavy atom. The summed E-state index contributed by atoms with van der Waals surface area (Å²) < 4.78 is 0. The number of hydrogen-bond acceptors (Lipinski definition) is 6. The number of rotatable bonds is 8. The van der Waals surface area contributed by atoms with Crippen molar-refractivity contribution in [1.82, 2.24) is 15.6 Å². The molecule has 10 heteroatoms. The smallest absolute Gasteiger partial charge is 0.319 e. The van der Waals surface area contributed by atoms with Gasteiger partial charge in [0, 0.05) is 19.7 Å². The van der Waals surface area contributed by atoms with E-state index in [1.165, 1.54) is 18.5 Å². The molecule has 1 rings (SSSR count). The summed E-state index contributed by atoms with van der Waals surface area (Å²) in [5.74, 6) is -0.0557. The highest BCUT2D eigenvalue weighted by Crippen LogP contribution is 2.12. The van der Waals surface area contributed by atoms with Gasteiger partial charge >= 0.3 is 12.1 Å². The Bertz CT molecular complexity index is 499. The van der Waals surface area contributed by atoms with Crippen molar-refractivity contribution in [3.05, 3.63) is 18.5 Å². The second-order valence-corrected chi connectivity index (χ2v) is 5.26. The Kier molecular flexibility index (Phi) is 8.47. The van der Waals surface area contributed by atoms with Gasteiger partial charge in [-0.05, 0) is 12.0 Å². The highest BCUT2D eigenvalue weighted by Gasteiger charge is 2.08. The van der Waals surface area contributed by atoms with Crippen molar-refractivity contribution >= 4 is 23.4 Å². The molecular formula is C14H23N5O5. The van der Waals surface area contributed by atoms with E-state index in [0.29, 0.717) is 17.9 Å². The van der Waals surface area contributed by atoms with Crippen molar-refractivity contribution in [3.63, 3.8) is 0 Å². The molecule has 0 bridgehead atoms. The summed E-state index contributed by atoms with van der Waals surface area (Å²) in [6.07, 6.45) is 1.76. The standard InChI is InChI=1S/C14H23N5O5/c1-9(7-20)3-16-13(23)18-10-2-11(5-15-4-10)19-14(24)17-6-12(22)8-21/h2,4-5,9,12,20-22H,3,6-8H2,1H3,(H2,16,18,23)(H2,17,19,24). The highest BCUT2D eigenvalue weighted by molar-refractivity contribution is 5.92. The number of aliphatic hydroxyl groups excluding tert-OH is 3. The van der Waals surface area contributed by atoms with Crippen LogP contribution in [0.15, 0.2) is 18.5 Å². The number of urea groups is 2. The number of carbonyl (C=O) groups excluding carboxylic acids is 2. The first-order valence-electron chi connectivity index (χ1n) is 7.39. The molecule has 2 atom stereocenters. The maximum Gasteiger partial charge on any atom is 0.319 e. The van der Waals surface area contributed by atoms with Crippen molar-refractivity contribution in [2.24, 2.45) is 5.92 Å². The third-order valence-electron chi connectivity index (χ3n) is 2.89. The lowest BCUT2D eigenvalue weighted by atomic mass is 10.2. The number of pyridine rings is 1. The third kappa shape index (κ3) is 7.72. The number of amides is 4. The van der Waals surface area contributed by atoms with Crippen LogP contribution < -0.4 is 21.3 Å². The number of aromatic nitrogens is 1. The van der Waals surface area contributed by atoms with Crippen LogP contribution in [0.5, 0.6) is 0 Å². The molecule has 0 fully saturated rings. The van der Waals surface area contributed by atoms with E-state index in [4.69, 9.17) is 15.3 Å². The van der Waals surface area contributed by atoms with Crippen LogP contribution in [0.1, 0.15) is 6.92 Å². The molecule has 1 heterocycles. The van der Waals surface area contributed by atoms with Gasteiger partial charge in [0.05, 0.1) is 36.5 Å². The summed E-state index contributed by atoms with van der Waals surface area (Å²) in [5, 5.41) is 36.7. The van der Waals surface area contributed by atoms with Gasteiger partial charge in [0.2, 0.25) is 0 Å². The van der Waals surface area contributed by atoms with Crippen LogP contribution in [-0.2, 0) is 0 Å². The fourth-order valence-corrected chi connectivity index (χ4v) is 1.53. The van der Waals surface area contributed by atoms with Crippen molar-refractivity contribution in [3.8, 4) is 0 Å². The molecule has 0 aliphatic carbocycles. The highest BCUT2D eigenvalue weighted by atomic mass is 16.3. The average Bonchev–Trinajstić information content (AvgIpc) is 2.57. The summed E-state index contributed by atoms with van der Waals surface area (Å²) in [4.78, 5) is 27.2. The van der Waals surface area contributed by atoms with E-state index in [1.54, 1.807) is 6.92 Å². The van der Waals surface area contributed by atoms with Crippen LogP contribution >= 0.6 is 0 Å². The Hall–Kier alpha value is -2.43. The molecule has 0 spiro atoms. The minimum Gasteiger partial charge on any atom is -0.396 e. The maximum atomic E-state index is 11.7. The molecule has 134 valence electrons. The van der Waals surface area contributed by atoms with Crippen LogP contribution in [-0.4, -0.2) is 64.8 Å². The van der Waals surface area contributed by atoms with Gasteiger partial charge < -0.3 is 36.6 Å². The SMILES string of the molecule is CC(CO)CNC(=O)Nc1cncc(NC(=O)NCC(O)CO)c1. The molecule has 10 nitrogen and oxygen atoms in total. The van der Waals surface area contributed by atoms with Crippen molar-refractivity contribution < 1.29 is 24.9 Å². The summed E-state index contributed by atoms with van der Waals surface area (Å²) in [6, 6.07) is 0.469. The van der Waals surface area contributed by atoms with Crippen LogP contribution in [0.3, 0.4) is 0 Å². The lowest BCUT2D eigenvalue weighted by molar-refractivity contribution is 0.0965. The molecule has 4 amide bonds. The molecule has 2 unspecified atom stereocenters. The molecule has 0 radical (unpaired) electrons. The molecule has 0 saturated heterocycles. The molecule has 24 heavy (non-hydrogen) atoms. The molecule has 0 aliphatic heterocycles. The topological polar surface area (TPSA) is 156 Å². The minimum atomic E-state index is -1.04. The van der Waals surface area contributed by atoms with Crippen molar-refractivity contribution in [2.45, 2.75) is 13.0 Å². The zero-order valence-electron chi connectivity index (χ0n) is 13.3. The van der Waals surface area contributed by atoms with Gasteiger partial charge in [-0.25, -0.2) is 9.59 Å². The number of hydrogen-bond donors (Lipinski definition) is 7. The van der Waals surface area contributed by atoms with E-state index in [0.717, 1.165) is 0 Å². The molecule has 7 N–H and O–H groups in total.